The van der Waals surface area contributed by atoms with Crippen molar-refractivity contribution in [3.05, 3.63) is 90.8 Å². The van der Waals surface area contributed by atoms with Gasteiger partial charge in [0.1, 0.15) is 11.5 Å². The number of benzene rings is 1. The Labute approximate surface area is 193 Å². The van der Waals surface area contributed by atoms with Crippen LogP contribution in [-0.2, 0) is 0 Å². The standard InChI is InChI=1S/C26H27N5O2/c32-26(28-18-23(24-12-8-16-33-24)30-14-5-2-6-15-30)22-19-31(21-10-3-1-4-11-21)29-25(22)20-9-7-13-27-17-20/h1,3-4,7-13,16-17,19,23H,2,5-6,14-15,18H2,(H,28,32). The molecule has 7 nitrogen and oxygen atoms in total. The molecule has 33 heavy (non-hydrogen) atoms. The highest BCUT2D eigenvalue weighted by atomic mass is 16.3. The summed E-state index contributed by atoms with van der Waals surface area (Å²) in [5.74, 6) is 0.717. The summed E-state index contributed by atoms with van der Waals surface area (Å²) in [7, 11) is 0. The fourth-order valence-corrected chi connectivity index (χ4v) is 4.37. The van der Waals surface area contributed by atoms with Crippen molar-refractivity contribution < 1.29 is 9.21 Å². The number of pyridine rings is 1. The Balaban J connectivity index is 1.42. The number of hydrogen-bond acceptors (Lipinski definition) is 5. The van der Waals surface area contributed by atoms with E-state index in [1.807, 2.05) is 54.6 Å². The van der Waals surface area contributed by atoms with E-state index in [-0.39, 0.29) is 11.9 Å². The van der Waals surface area contributed by atoms with Gasteiger partial charge < -0.3 is 9.73 Å². The molecule has 1 aliphatic rings. The summed E-state index contributed by atoms with van der Waals surface area (Å²) in [6.45, 7) is 2.48. The van der Waals surface area contributed by atoms with Crippen LogP contribution in [0.15, 0.2) is 83.9 Å². The van der Waals surface area contributed by atoms with Crippen molar-refractivity contribution in [2.75, 3.05) is 19.6 Å². The summed E-state index contributed by atoms with van der Waals surface area (Å²) < 4.78 is 7.47. The Morgan fingerprint density at radius 1 is 1.03 bits per heavy atom. The predicted octanol–water partition coefficient (Wildman–Crippen LogP) is 4.48. The molecule has 1 fully saturated rings. The fraction of sp³-hybridized carbons (Fsp3) is 0.269. The van der Waals surface area contributed by atoms with Crippen LogP contribution in [0.2, 0.25) is 0 Å². The summed E-state index contributed by atoms with van der Waals surface area (Å²) in [5, 5.41) is 7.87. The van der Waals surface area contributed by atoms with Crippen molar-refractivity contribution in [2.24, 2.45) is 0 Å². The van der Waals surface area contributed by atoms with E-state index < -0.39 is 0 Å². The summed E-state index contributed by atoms with van der Waals surface area (Å²) in [4.78, 5) is 20.0. The third kappa shape index (κ3) is 4.73. The molecule has 0 radical (unpaired) electrons. The van der Waals surface area contributed by atoms with Crippen LogP contribution in [0.4, 0.5) is 0 Å². The minimum absolute atomic E-state index is 0.00950. The number of carbonyl (C=O) groups excluding carboxylic acids is 1. The van der Waals surface area contributed by atoms with Gasteiger partial charge in [0, 0.05) is 30.7 Å². The SMILES string of the molecule is O=C(NCC(c1ccco1)N1CCCCC1)c1cn(-c2ccccc2)nc1-c1cccnc1. The molecule has 4 heterocycles. The van der Waals surface area contributed by atoms with Crippen molar-refractivity contribution in [3.63, 3.8) is 0 Å². The normalized spacial score (nSPS) is 15.3. The lowest BCUT2D eigenvalue weighted by Crippen LogP contribution is -2.40. The minimum atomic E-state index is -0.162. The molecule has 7 heteroatoms. The third-order valence-corrected chi connectivity index (χ3v) is 6.07. The molecule has 168 valence electrons. The summed E-state index contributed by atoms with van der Waals surface area (Å²) >= 11 is 0. The van der Waals surface area contributed by atoms with Gasteiger partial charge in [0.25, 0.3) is 5.91 Å². The van der Waals surface area contributed by atoms with E-state index in [1.165, 1.54) is 19.3 Å². The molecule has 1 saturated heterocycles. The second kappa shape index (κ2) is 9.83. The quantitative estimate of drug-likeness (QED) is 0.457. The molecule has 0 aliphatic carbocycles. The Morgan fingerprint density at radius 2 is 1.88 bits per heavy atom. The molecule has 4 aromatic rings. The van der Waals surface area contributed by atoms with Gasteiger partial charge >= 0.3 is 0 Å². The molecule has 1 aromatic carbocycles. The van der Waals surface area contributed by atoms with Crippen LogP contribution in [0, 0.1) is 0 Å². The Bertz CT molecular complexity index is 1170. The highest BCUT2D eigenvalue weighted by molar-refractivity contribution is 5.99. The molecule has 5 rings (SSSR count). The maximum absolute atomic E-state index is 13.4. The van der Waals surface area contributed by atoms with Gasteiger partial charge in [-0.1, -0.05) is 24.6 Å². The van der Waals surface area contributed by atoms with Crippen LogP contribution in [0.1, 0.15) is 41.4 Å². The van der Waals surface area contributed by atoms with Gasteiger partial charge in [0.15, 0.2) is 0 Å². The number of nitrogens with zero attached hydrogens (tertiary/aromatic N) is 4. The second-order valence-corrected chi connectivity index (χ2v) is 8.25. The molecular weight excluding hydrogens is 414 g/mol. The maximum atomic E-state index is 13.4. The number of likely N-dealkylation sites (tertiary alicyclic amines) is 1. The number of aromatic nitrogens is 3. The predicted molar refractivity (Wildman–Crippen MR) is 126 cm³/mol. The molecule has 1 aliphatic heterocycles. The smallest absolute Gasteiger partial charge is 0.255 e. The number of hydrogen-bond donors (Lipinski definition) is 1. The Hall–Kier alpha value is -3.71. The number of furan rings is 1. The van der Waals surface area contributed by atoms with Gasteiger partial charge in [-0.2, -0.15) is 5.10 Å². The average Bonchev–Trinajstić information content (AvgIpc) is 3.57. The molecular formula is C26H27N5O2. The van der Waals surface area contributed by atoms with Crippen LogP contribution in [0.5, 0.6) is 0 Å². The molecule has 1 N–H and O–H groups in total. The average molecular weight is 442 g/mol. The van der Waals surface area contributed by atoms with Gasteiger partial charge in [-0.15, -0.1) is 0 Å². The summed E-state index contributed by atoms with van der Waals surface area (Å²) in [5.41, 5.74) is 2.82. The van der Waals surface area contributed by atoms with E-state index in [1.54, 1.807) is 29.5 Å². The number of nitrogens with one attached hydrogen (secondary N) is 1. The fourth-order valence-electron chi connectivity index (χ4n) is 4.37. The lowest BCUT2D eigenvalue weighted by atomic mass is 10.1. The molecule has 0 saturated carbocycles. The van der Waals surface area contributed by atoms with Crippen LogP contribution >= 0.6 is 0 Å². The Kier molecular flexibility index (Phi) is 6.30. The van der Waals surface area contributed by atoms with Crippen LogP contribution in [0.3, 0.4) is 0 Å². The monoisotopic (exact) mass is 441 g/mol. The van der Waals surface area contributed by atoms with E-state index in [0.717, 1.165) is 30.1 Å². The maximum Gasteiger partial charge on any atom is 0.255 e. The third-order valence-electron chi connectivity index (χ3n) is 6.07. The number of rotatable bonds is 7. The van der Waals surface area contributed by atoms with E-state index in [9.17, 15) is 4.79 Å². The molecule has 1 amide bonds. The number of carbonyl (C=O) groups is 1. The number of amides is 1. The van der Waals surface area contributed by atoms with Crippen LogP contribution in [0.25, 0.3) is 16.9 Å². The number of para-hydroxylation sites is 1. The first-order valence-electron chi connectivity index (χ1n) is 11.4. The van der Waals surface area contributed by atoms with E-state index in [0.29, 0.717) is 17.8 Å². The van der Waals surface area contributed by atoms with Crippen LogP contribution in [-0.4, -0.2) is 45.2 Å². The van der Waals surface area contributed by atoms with Crippen molar-refractivity contribution in [2.45, 2.75) is 25.3 Å². The van der Waals surface area contributed by atoms with E-state index >= 15 is 0 Å². The van der Waals surface area contributed by atoms with Crippen LogP contribution < -0.4 is 5.32 Å². The van der Waals surface area contributed by atoms with Crippen molar-refractivity contribution in [1.29, 1.82) is 0 Å². The largest absolute Gasteiger partial charge is 0.468 e. The zero-order chi connectivity index (χ0) is 22.5. The van der Waals surface area contributed by atoms with E-state index in [2.05, 4.69) is 15.2 Å². The first-order chi connectivity index (χ1) is 16.3. The molecule has 1 atom stereocenters. The van der Waals surface area contributed by atoms with Crippen molar-refractivity contribution >= 4 is 5.91 Å². The highest BCUT2D eigenvalue weighted by Gasteiger charge is 2.26. The van der Waals surface area contributed by atoms with Gasteiger partial charge in [-0.3, -0.25) is 14.7 Å². The molecule has 1 unspecified atom stereocenters. The van der Waals surface area contributed by atoms with Crippen molar-refractivity contribution in [1.82, 2.24) is 25.0 Å². The Morgan fingerprint density at radius 3 is 2.61 bits per heavy atom. The topological polar surface area (TPSA) is 76.2 Å². The van der Waals surface area contributed by atoms with E-state index in [4.69, 9.17) is 9.52 Å². The summed E-state index contributed by atoms with van der Waals surface area (Å²) in [6.07, 6.45) is 10.5. The minimum Gasteiger partial charge on any atom is -0.468 e. The zero-order valence-corrected chi connectivity index (χ0v) is 18.4. The molecule has 3 aromatic heterocycles. The lowest BCUT2D eigenvalue weighted by Gasteiger charge is -2.33. The number of piperidine rings is 1. The first kappa shape index (κ1) is 21.2. The lowest BCUT2D eigenvalue weighted by molar-refractivity contribution is 0.0914. The first-order valence-corrected chi connectivity index (χ1v) is 11.4. The van der Waals surface area contributed by atoms with Gasteiger partial charge in [0.05, 0.1) is 23.6 Å². The zero-order valence-electron chi connectivity index (χ0n) is 18.4. The summed E-state index contributed by atoms with van der Waals surface area (Å²) in [6, 6.07) is 17.4. The highest BCUT2D eigenvalue weighted by Crippen LogP contribution is 2.26. The van der Waals surface area contributed by atoms with Gasteiger partial charge in [-0.25, -0.2) is 4.68 Å². The van der Waals surface area contributed by atoms with Gasteiger partial charge in [-0.05, 0) is 62.3 Å². The van der Waals surface area contributed by atoms with Gasteiger partial charge in [0.2, 0.25) is 0 Å². The molecule has 0 bridgehead atoms. The van der Waals surface area contributed by atoms with Crippen molar-refractivity contribution in [3.8, 4) is 16.9 Å². The molecule has 0 spiro atoms. The second-order valence-electron chi connectivity index (χ2n) is 8.25.